The maximum atomic E-state index is 14.9. The number of fused-ring (bicyclic) bond motifs is 6. The SMILES string of the molecule is O=[As]1(c2ccccn2)c2ccccc2-c2ccc(Oc3ccc4c5ccccc5n(-c5ccccc5)c4c3)cc21. The number of benzene rings is 5. The molecule has 40 heavy (non-hydrogen) atoms. The zero-order valence-corrected chi connectivity index (χ0v) is 23.3. The Labute approximate surface area is 233 Å². The van der Waals surface area contributed by atoms with Crippen molar-refractivity contribution in [3.05, 3.63) is 140 Å². The van der Waals surface area contributed by atoms with Crippen LogP contribution in [-0.4, -0.2) is 23.0 Å². The number of hydrogen-bond acceptors (Lipinski definition) is 3. The Bertz CT molecular complexity index is 2120. The number of ether oxygens (including phenoxy) is 1. The first-order valence-electron chi connectivity index (χ1n) is 13.2. The van der Waals surface area contributed by atoms with Gasteiger partial charge >= 0.3 is 234 Å². The fourth-order valence-electron chi connectivity index (χ4n) is 5.96. The maximum absolute atomic E-state index is 14.9. The van der Waals surface area contributed by atoms with E-state index in [2.05, 4.69) is 76.3 Å². The van der Waals surface area contributed by atoms with Crippen LogP contribution < -0.4 is 17.9 Å². The summed E-state index contributed by atoms with van der Waals surface area (Å²) in [5.74, 6) is 1.38. The van der Waals surface area contributed by atoms with Crippen LogP contribution in [0.3, 0.4) is 0 Å². The third-order valence-electron chi connectivity index (χ3n) is 7.71. The molecule has 1 aliphatic rings. The van der Waals surface area contributed by atoms with Gasteiger partial charge in [-0.3, -0.25) is 0 Å². The molecule has 0 saturated heterocycles. The van der Waals surface area contributed by atoms with Crippen LogP contribution in [0.2, 0.25) is 0 Å². The Kier molecular flexibility index (Phi) is 5.13. The molecule has 0 spiro atoms. The van der Waals surface area contributed by atoms with Crippen molar-refractivity contribution in [1.82, 2.24) is 9.55 Å². The molecule has 4 nitrogen and oxygen atoms in total. The van der Waals surface area contributed by atoms with E-state index in [0.717, 1.165) is 42.3 Å². The summed E-state index contributed by atoms with van der Waals surface area (Å²) in [4.78, 5) is 4.56. The van der Waals surface area contributed by atoms with Crippen molar-refractivity contribution >= 4 is 48.5 Å². The second kappa shape index (κ2) is 8.87. The van der Waals surface area contributed by atoms with Crippen molar-refractivity contribution < 1.29 is 8.48 Å². The molecule has 0 amide bonds. The van der Waals surface area contributed by atoms with Gasteiger partial charge in [-0.1, -0.05) is 0 Å². The van der Waals surface area contributed by atoms with E-state index in [4.69, 9.17) is 4.74 Å². The van der Waals surface area contributed by atoms with Gasteiger partial charge in [0.05, 0.1) is 0 Å². The molecule has 0 radical (unpaired) electrons. The molecule has 0 bridgehead atoms. The second-order valence-electron chi connectivity index (χ2n) is 9.96. The summed E-state index contributed by atoms with van der Waals surface area (Å²) in [6, 6.07) is 44.7. The predicted molar refractivity (Wildman–Crippen MR) is 162 cm³/mol. The minimum atomic E-state index is -3.97. The molecular formula is C35H23AsN2O2. The van der Waals surface area contributed by atoms with Crippen molar-refractivity contribution in [2.45, 2.75) is 0 Å². The zero-order valence-electron chi connectivity index (χ0n) is 21.4. The van der Waals surface area contributed by atoms with Crippen molar-refractivity contribution in [3.63, 3.8) is 0 Å². The van der Waals surface area contributed by atoms with Crippen molar-refractivity contribution in [2.75, 3.05) is 0 Å². The quantitative estimate of drug-likeness (QED) is 0.229. The number of aromatic nitrogens is 2. The first kappa shape index (κ1) is 23.1. The monoisotopic (exact) mass is 578 g/mol. The number of hydrogen-bond donors (Lipinski definition) is 0. The summed E-state index contributed by atoms with van der Waals surface area (Å²) in [6.45, 7) is 0. The van der Waals surface area contributed by atoms with Gasteiger partial charge in [0.1, 0.15) is 0 Å². The normalized spacial score (nSPS) is 15.7. The average Bonchev–Trinajstić information content (AvgIpc) is 3.48. The molecule has 0 aliphatic carbocycles. The molecule has 0 N–H and O–H groups in total. The fourth-order valence-corrected chi connectivity index (χ4v) is 12.2. The van der Waals surface area contributed by atoms with Gasteiger partial charge < -0.3 is 0 Å². The van der Waals surface area contributed by atoms with Crippen LogP contribution in [0.5, 0.6) is 11.5 Å². The van der Waals surface area contributed by atoms with Crippen LogP contribution >= 0.6 is 0 Å². The summed E-state index contributed by atoms with van der Waals surface area (Å²) >= 11 is -3.97. The molecule has 0 fully saturated rings. The molecular weight excluding hydrogens is 555 g/mol. The van der Waals surface area contributed by atoms with Crippen molar-refractivity contribution in [1.29, 1.82) is 0 Å². The fraction of sp³-hybridized carbons (Fsp3) is 0. The van der Waals surface area contributed by atoms with Crippen LogP contribution in [-0.2, 0) is 3.74 Å². The van der Waals surface area contributed by atoms with E-state index >= 15 is 0 Å². The van der Waals surface area contributed by atoms with Gasteiger partial charge in [-0.05, 0) is 0 Å². The van der Waals surface area contributed by atoms with Gasteiger partial charge in [-0.2, -0.15) is 0 Å². The molecule has 1 atom stereocenters. The molecule has 8 rings (SSSR count). The number of pyridine rings is 1. The Hall–Kier alpha value is -4.79. The van der Waals surface area contributed by atoms with E-state index in [1.165, 1.54) is 10.8 Å². The zero-order chi connectivity index (χ0) is 26.7. The van der Waals surface area contributed by atoms with E-state index < -0.39 is 13.5 Å². The van der Waals surface area contributed by atoms with E-state index in [1.807, 2.05) is 66.7 Å². The van der Waals surface area contributed by atoms with Gasteiger partial charge in [-0.15, -0.1) is 0 Å². The van der Waals surface area contributed by atoms with Gasteiger partial charge in [0, 0.05) is 0 Å². The Morgan fingerprint density at radius 1 is 0.575 bits per heavy atom. The van der Waals surface area contributed by atoms with Gasteiger partial charge in [-0.25, -0.2) is 0 Å². The number of rotatable bonds is 4. The van der Waals surface area contributed by atoms with Crippen molar-refractivity contribution in [3.8, 4) is 28.3 Å². The van der Waals surface area contributed by atoms with Gasteiger partial charge in [0.25, 0.3) is 0 Å². The summed E-state index contributed by atoms with van der Waals surface area (Å²) in [7, 11) is 0. The van der Waals surface area contributed by atoms with E-state index in [1.54, 1.807) is 6.20 Å². The van der Waals surface area contributed by atoms with E-state index in [-0.39, 0.29) is 0 Å². The van der Waals surface area contributed by atoms with Crippen LogP contribution in [0.25, 0.3) is 38.6 Å². The predicted octanol–water partition coefficient (Wildman–Crippen LogP) is 6.35. The van der Waals surface area contributed by atoms with E-state index in [0.29, 0.717) is 10.2 Å². The van der Waals surface area contributed by atoms with Crippen LogP contribution in [0.4, 0.5) is 0 Å². The molecule has 190 valence electrons. The molecule has 0 saturated carbocycles. The topological polar surface area (TPSA) is 44.1 Å². The van der Waals surface area contributed by atoms with Crippen LogP contribution in [0.15, 0.2) is 140 Å². The average molecular weight is 579 g/mol. The number of nitrogens with zero attached hydrogens (tertiary/aromatic N) is 2. The summed E-state index contributed by atoms with van der Waals surface area (Å²) < 4.78 is 26.0. The van der Waals surface area contributed by atoms with Gasteiger partial charge in [0.15, 0.2) is 0 Å². The third kappa shape index (κ3) is 3.36. The van der Waals surface area contributed by atoms with Crippen LogP contribution in [0, 0.1) is 0 Å². The summed E-state index contributed by atoms with van der Waals surface area (Å²) in [5.41, 5.74) is 5.33. The van der Waals surface area contributed by atoms with E-state index in [9.17, 15) is 3.74 Å². The Morgan fingerprint density at radius 2 is 1.27 bits per heavy atom. The Morgan fingerprint density at radius 3 is 2.15 bits per heavy atom. The summed E-state index contributed by atoms with van der Waals surface area (Å²) in [6.07, 6.45) is 1.72. The molecule has 7 aromatic rings. The van der Waals surface area contributed by atoms with Crippen molar-refractivity contribution in [2.24, 2.45) is 0 Å². The Balaban J connectivity index is 1.27. The molecule has 1 unspecified atom stereocenters. The third-order valence-corrected chi connectivity index (χ3v) is 14.1. The van der Waals surface area contributed by atoms with Gasteiger partial charge in [0.2, 0.25) is 0 Å². The molecule has 5 aromatic carbocycles. The number of para-hydroxylation sites is 2. The first-order valence-corrected chi connectivity index (χ1v) is 16.8. The molecule has 3 heterocycles. The second-order valence-corrected chi connectivity index (χ2v) is 15.5. The molecule has 2 aromatic heterocycles. The van der Waals surface area contributed by atoms with Crippen LogP contribution in [0.1, 0.15) is 0 Å². The minimum absolute atomic E-state index is 0.651. The summed E-state index contributed by atoms with van der Waals surface area (Å²) in [5, 5.41) is 2.36. The standard InChI is InChI=1S/C35H23AsN2O2/c39-36(35-16-8-9-21-37-35)31-14-6-4-12-27(31)28-19-17-25(22-32(28)36)40-26-18-20-30-29-13-5-7-15-33(29)38(34(30)23-26)24-10-2-1-3-11-24/h1-23H. The first-order chi connectivity index (χ1) is 19.7. The molecule has 5 heteroatoms. The molecule has 1 aliphatic heterocycles.